The summed E-state index contributed by atoms with van der Waals surface area (Å²) in [4.78, 5) is 17.6. The summed E-state index contributed by atoms with van der Waals surface area (Å²) in [6.07, 6.45) is 0. The molecule has 0 aliphatic carbocycles. The van der Waals surface area contributed by atoms with E-state index >= 15 is 0 Å². The number of rotatable bonds is 3. The summed E-state index contributed by atoms with van der Waals surface area (Å²) in [5, 5.41) is 0.430. The first kappa shape index (κ1) is 11.7. The molecule has 0 bridgehead atoms. The zero-order chi connectivity index (χ0) is 12.3. The highest BCUT2D eigenvalue weighted by Gasteiger charge is 2.01. The number of nitrogens with zero attached hydrogens (tertiary/aromatic N) is 1. The molecule has 2 rings (SSSR count). The molecule has 17 heavy (non-hydrogen) atoms. The maximum absolute atomic E-state index is 12.9. The van der Waals surface area contributed by atoms with Crippen LogP contribution in [-0.4, -0.2) is 9.97 Å². The Morgan fingerprint density at radius 2 is 2.24 bits per heavy atom. The number of thioether (sulfide) groups is 1. The van der Waals surface area contributed by atoms with Gasteiger partial charge < -0.3 is 10.7 Å². The minimum absolute atomic E-state index is 0.176. The van der Waals surface area contributed by atoms with Crippen molar-refractivity contribution >= 4 is 17.6 Å². The molecule has 1 aromatic heterocycles. The molecule has 0 fully saturated rings. The molecular weight excluding hydrogens is 241 g/mol. The van der Waals surface area contributed by atoms with Crippen LogP contribution < -0.4 is 11.3 Å². The summed E-state index contributed by atoms with van der Waals surface area (Å²) in [6, 6.07) is 7.49. The third-order valence-electron chi connectivity index (χ3n) is 2.00. The van der Waals surface area contributed by atoms with Gasteiger partial charge in [0, 0.05) is 11.8 Å². The fourth-order valence-corrected chi connectivity index (χ4v) is 2.13. The van der Waals surface area contributed by atoms with E-state index in [1.165, 1.54) is 30.0 Å². The van der Waals surface area contributed by atoms with Crippen molar-refractivity contribution in [3.05, 3.63) is 52.1 Å². The van der Waals surface area contributed by atoms with Gasteiger partial charge in [0.2, 0.25) is 0 Å². The van der Waals surface area contributed by atoms with E-state index < -0.39 is 0 Å². The van der Waals surface area contributed by atoms with Gasteiger partial charge in [-0.1, -0.05) is 23.9 Å². The van der Waals surface area contributed by atoms with Crippen molar-refractivity contribution in [1.29, 1.82) is 0 Å². The molecule has 88 valence electrons. The highest BCUT2D eigenvalue weighted by molar-refractivity contribution is 7.98. The maximum Gasteiger partial charge on any atom is 0.253 e. The van der Waals surface area contributed by atoms with Crippen LogP contribution in [0.3, 0.4) is 0 Å². The molecule has 0 atom stereocenters. The average Bonchev–Trinajstić information content (AvgIpc) is 2.25. The predicted molar refractivity (Wildman–Crippen MR) is 65.2 cm³/mol. The first-order chi connectivity index (χ1) is 8.13. The summed E-state index contributed by atoms with van der Waals surface area (Å²) in [7, 11) is 0. The number of hydrogen-bond donors (Lipinski definition) is 2. The van der Waals surface area contributed by atoms with Gasteiger partial charge in [-0.05, 0) is 17.7 Å². The number of aromatic amines is 1. The van der Waals surface area contributed by atoms with Crippen LogP contribution in [0.4, 0.5) is 10.2 Å². The van der Waals surface area contributed by atoms with Crippen LogP contribution in [0, 0.1) is 5.82 Å². The van der Waals surface area contributed by atoms with E-state index in [0.717, 1.165) is 5.56 Å². The maximum atomic E-state index is 12.9. The second-order valence-electron chi connectivity index (χ2n) is 3.39. The Labute approximate surface area is 101 Å². The minimum atomic E-state index is -0.292. The third kappa shape index (κ3) is 3.32. The van der Waals surface area contributed by atoms with Gasteiger partial charge in [-0.15, -0.1) is 0 Å². The molecule has 4 nitrogen and oxygen atoms in total. The smallest absolute Gasteiger partial charge is 0.253 e. The van der Waals surface area contributed by atoms with Gasteiger partial charge in [0.05, 0.1) is 0 Å². The van der Waals surface area contributed by atoms with Gasteiger partial charge in [0.15, 0.2) is 5.16 Å². The Hall–Kier alpha value is -1.82. The molecule has 0 radical (unpaired) electrons. The van der Waals surface area contributed by atoms with Crippen LogP contribution in [0.2, 0.25) is 0 Å². The molecule has 2 aromatic rings. The Morgan fingerprint density at radius 3 is 2.94 bits per heavy atom. The van der Waals surface area contributed by atoms with Crippen LogP contribution in [0.15, 0.2) is 40.3 Å². The van der Waals surface area contributed by atoms with E-state index in [0.29, 0.717) is 10.9 Å². The minimum Gasteiger partial charge on any atom is -0.383 e. The van der Waals surface area contributed by atoms with Crippen LogP contribution in [0.25, 0.3) is 0 Å². The summed E-state index contributed by atoms with van der Waals surface area (Å²) < 4.78 is 12.9. The van der Waals surface area contributed by atoms with Crippen molar-refractivity contribution in [2.45, 2.75) is 10.9 Å². The number of nitrogens with two attached hydrogens (primary N) is 1. The second kappa shape index (κ2) is 5.01. The van der Waals surface area contributed by atoms with E-state index in [1.54, 1.807) is 12.1 Å². The van der Waals surface area contributed by atoms with Crippen LogP contribution in [0.5, 0.6) is 0 Å². The quantitative estimate of drug-likeness (QED) is 0.644. The fraction of sp³-hybridized carbons (Fsp3) is 0.0909. The standard InChI is InChI=1S/C11H10FN3OS/c12-8-3-1-2-7(4-8)6-17-11-14-9(13)5-10(16)15-11/h1-5H,6H2,(H3,13,14,15,16). The Kier molecular flexibility index (Phi) is 3.43. The van der Waals surface area contributed by atoms with Crippen molar-refractivity contribution in [3.63, 3.8) is 0 Å². The highest BCUT2D eigenvalue weighted by atomic mass is 32.2. The Bertz CT molecular complexity index is 585. The molecule has 0 spiro atoms. The topological polar surface area (TPSA) is 71.8 Å². The lowest BCUT2D eigenvalue weighted by Gasteiger charge is -2.02. The molecule has 0 saturated carbocycles. The van der Waals surface area contributed by atoms with Crippen molar-refractivity contribution in [3.8, 4) is 0 Å². The molecular formula is C11H10FN3OS. The number of hydrogen-bond acceptors (Lipinski definition) is 4. The summed E-state index contributed by atoms with van der Waals surface area (Å²) >= 11 is 1.30. The third-order valence-corrected chi connectivity index (χ3v) is 2.95. The molecule has 1 heterocycles. The second-order valence-corrected chi connectivity index (χ2v) is 4.36. The van der Waals surface area contributed by atoms with Crippen LogP contribution in [0.1, 0.15) is 5.56 Å². The van der Waals surface area contributed by atoms with E-state index in [9.17, 15) is 9.18 Å². The lowest BCUT2D eigenvalue weighted by Crippen LogP contribution is -2.09. The number of benzene rings is 1. The number of anilines is 1. The van der Waals surface area contributed by atoms with Gasteiger partial charge in [-0.25, -0.2) is 9.37 Å². The van der Waals surface area contributed by atoms with E-state index in [4.69, 9.17) is 5.73 Å². The largest absolute Gasteiger partial charge is 0.383 e. The van der Waals surface area contributed by atoms with E-state index in [2.05, 4.69) is 9.97 Å². The zero-order valence-corrected chi connectivity index (χ0v) is 9.63. The lowest BCUT2D eigenvalue weighted by molar-refractivity contribution is 0.626. The number of H-pyrrole nitrogens is 1. The van der Waals surface area contributed by atoms with Gasteiger partial charge in [0.25, 0.3) is 5.56 Å². The Morgan fingerprint density at radius 1 is 1.41 bits per heavy atom. The first-order valence-electron chi connectivity index (χ1n) is 4.87. The van der Waals surface area contributed by atoms with E-state index in [1.807, 2.05) is 0 Å². The predicted octanol–water partition coefficient (Wildman–Crippen LogP) is 1.78. The summed E-state index contributed by atoms with van der Waals surface area (Å²) in [5.74, 6) is 0.414. The van der Waals surface area contributed by atoms with Crippen LogP contribution in [-0.2, 0) is 5.75 Å². The number of nitrogens with one attached hydrogen (secondary N) is 1. The zero-order valence-electron chi connectivity index (χ0n) is 8.81. The van der Waals surface area contributed by atoms with Crippen molar-refractivity contribution in [1.82, 2.24) is 9.97 Å². The molecule has 6 heteroatoms. The molecule has 3 N–H and O–H groups in total. The van der Waals surface area contributed by atoms with Gasteiger partial charge in [-0.2, -0.15) is 0 Å². The van der Waals surface area contributed by atoms with Crippen molar-refractivity contribution < 1.29 is 4.39 Å². The van der Waals surface area contributed by atoms with Crippen LogP contribution >= 0.6 is 11.8 Å². The van der Waals surface area contributed by atoms with Crippen molar-refractivity contribution in [2.24, 2.45) is 0 Å². The fourth-order valence-electron chi connectivity index (χ4n) is 1.30. The normalized spacial score (nSPS) is 10.4. The molecule has 0 unspecified atom stereocenters. The van der Waals surface area contributed by atoms with Gasteiger partial charge >= 0.3 is 0 Å². The first-order valence-corrected chi connectivity index (χ1v) is 5.86. The summed E-state index contributed by atoms with van der Waals surface area (Å²) in [5.41, 5.74) is 5.98. The molecule has 1 aromatic carbocycles. The lowest BCUT2D eigenvalue weighted by atomic mass is 10.2. The van der Waals surface area contributed by atoms with E-state index in [-0.39, 0.29) is 17.2 Å². The monoisotopic (exact) mass is 251 g/mol. The molecule has 0 amide bonds. The average molecular weight is 251 g/mol. The van der Waals surface area contributed by atoms with Gasteiger partial charge in [0.1, 0.15) is 11.6 Å². The SMILES string of the molecule is Nc1cc(=O)[nH]c(SCc2cccc(F)c2)n1. The summed E-state index contributed by atoms with van der Waals surface area (Å²) in [6.45, 7) is 0. The number of aromatic nitrogens is 2. The molecule has 0 aliphatic heterocycles. The number of halogens is 1. The van der Waals surface area contributed by atoms with Gasteiger partial charge in [-0.3, -0.25) is 4.79 Å². The highest BCUT2D eigenvalue weighted by Crippen LogP contribution is 2.18. The van der Waals surface area contributed by atoms with Crippen molar-refractivity contribution in [2.75, 3.05) is 5.73 Å². The molecule has 0 saturated heterocycles. The Balaban J connectivity index is 2.09. The number of nitrogen functional groups attached to an aromatic ring is 1. The molecule has 0 aliphatic rings.